The molecule has 1 atom stereocenters. The average Bonchev–Trinajstić information content (AvgIpc) is 2.69. The number of hydrogen-bond acceptors (Lipinski definition) is 6. The number of carbonyl (C=O) groups is 1. The fraction of sp³-hybridized carbons (Fsp3) is 0.476. The lowest BCUT2D eigenvalue weighted by atomic mass is 9.89. The van der Waals surface area contributed by atoms with Gasteiger partial charge in [-0.15, -0.1) is 0 Å². The second-order valence-corrected chi connectivity index (χ2v) is 7.36. The van der Waals surface area contributed by atoms with E-state index < -0.39 is 11.4 Å². The summed E-state index contributed by atoms with van der Waals surface area (Å²) in [4.78, 5) is 28.4. The first-order valence-electron chi connectivity index (χ1n) is 9.56. The number of ether oxygens (including phenoxy) is 3. The van der Waals surface area contributed by atoms with E-state index in [1.165, 1.54) is 19.4 Å². The van der Waals surface area contributed by atoms with Crippen molar-refractivity contribution in [2.24, 2.45) is 5.92 Å². The van der Waals surface area contributed by atoms with Crippen molar-refractivity contribution in [2.75, 3.05) is 27.4 Å². The third-order valence-electron chi connectivity index (χ3n) is 5.09. The van der Waals surface area contributed by atoms with Gasteiger partial charge in [0.1, 0.15) is 5.56 Å². The molecular formula is C21H26N2O6. The molecule has 0 unspecified atom stereocenters. The van der Waals surface area contributed by atoms with E-state index in [1.807, 2.05) is 10.6 Å². The van der Waals surface area contributed by atoms with Crippen LogP contribution in [0.3, 0.4) is 0 Å². The molecule has 29 heavy (non-hydrogen) atoms. The maximum absolute atomic E-state index is 12.4. The highest BCUT2D eigenvalue weighted by atomic mass is 16.5. The molecule has 0 radical (unpaired) electrons. The standard InChI is InChI=1S/C21H26N2O6/c1-12(2)15-8-13-9-18(29-7-5-6-27-3)20(28-4)22-19(13)16-10-17(24)14(21(25)26)11-23(15)16/h9-12,15H,5-8H2,1-4H3,(H,25,26)/t15-/m0/s1. The van der Waals surface area contributed by atoms with Crippen molar-refractivity contribution in [1.82, 2.24) is 9.55 Å². The summed E-state index contributed by atoms with van der Waals surface area (Å²) in [5, 5.41) is 9.35. The minimum atomic E-state index is -1.23. The number of aromatic carboxylic acids is 1. The van der Waals surface area contributed by atoms with Crippen molar-refractivity contribution in [3.05, 3.63) is 39.7 Å². The molecule has 8 heteroatoms. The van der Waals surface area contributed by atoms with Crippen LogP contribution in [0.15, 0.2) is 23.1 Å². The Morgan fingerprint density at radius 1 is 1.31 bits per heavy atom. The zero-order chi connectivity index (χ0) is 21.1. The molecule has 0 bridgehead atoms. The molecule has 0 saturated carbocycles. The third-order valence-corrected chi connectivity index (χ3v) is 5.09. The Kier molecular flexibility index (Phi) is 6.22. The molecule has 3 rings (SSSR count). The minimum Gasteiger partial charge on any atom is -0.488 e. The van der Waals surface area contributed by atoms with Crippen LogP contribution >= 0.6 is 0 Å². The highest BCUT2D eigenvalue weighted by Gasteiger charge is 2.30. The number of carboxylic acids is 1. The molecule has 0 saturated heterocycles. The molecule has 0 fully saturated rings. The summed E-state index contributed by atoms with van der Waals surface area (Å²) in [7, 11) is 3.15. The Bertz CT molecular complexity index is 966. The SMILES string of the molecule is COCCCOc1cc2c(nc1OC)-c1cc(=O)c(C(=O)O)cn1[C@H](C(C)C)C2. The number of aromatic nitrogens is 2. The molecule has 156 valence electrons. The van der Waals surface area contributed by atoms with Gasteiger partial charge in [-0.25, -0.2) is 9.78 Å². The molecule has 3 heterocycles. The second kappa shape index (κ2) is 8.65. The maximum Gasteiger partial charge on any atom is 0.341 e. The summed E-state index contributed by atoms with van der Waals surface area (Å²) in [6.45, 7) is 5.20. The third kappa shape index (κ3) is 4.12. The largest absolute Gasteiger partial charge is 0.488 e. The molecule has 0 spiro atoms. The zero-order valence-corrected chi connectivity index (χ0v) is 17.1. The van der Waals surface area contributed by atoms with Gasteiger partial charge < -0.3 is 23.9 Å². The molecule has 1 aliphatic heterocycles. The number of rotatable bonds is 8. The van der Waals surface area contributed by atoms with Gasteiger partial charge in [0.2, 0.25) is 0 Å². The first-order valence-corrected chi connectivity index (χ1v) is 9.56. The lowest BCUT2D eigenvalue weighted by Gasteiger charge is -2.33. The Hall–Kier alpha value is -2.87. The van der Waals surface area contributed by atoms with E-state index >= 15 is 0 Å². The van der Waals surface area contributed by atoms with Crippen LogP contribution in [0.25, 0.3) is 11.4 Å². The van der Waals surface area contributed by atoms with Gasteiger partial charge in [0.25, 0.3) is 5.88 Å². The first kappa shape index (κ1) is 20.9. The van der Waals surface area contributed by atoms with E-state index in [9.17, 15) is 14.7 Å². The Morgan fingerprint density at radius 3 is 2.69 bits per heavy atom. The van der Waals surface area contributed by atoms with Crippen LogP contribution in [0.4, 0.5) is 0 Å². The maximum atomic E-state index is 12.4. The predicted octanol–water partition coefficient (Wildman–Crippen LogP) is 2.79. The van der Waals surface area contributed by atoms with Crippen molar-refractivity contribution in [3.8, 4) is 23.0 Å². The van der Waals surface area contributed by atoms with Crippen LogP contribution in [0.5, 0.6) is 11.6 Å². The Balaban J connectivity index is 2.10. The van der Waals surface area contributed by atoms with Gasteiger partial charge in [0.15, 0.2) is 11.2 Å². The molecule has 2 aromatic heterocycles. The number of nitrogens with zero attached hydrogens (tertiary/aromatic N) is 2. The molecule has 0 aromatic carbocycles. The summed E-state index contributed by atoms with van der Waals surface area (Å²) in [5.41, 5.74) is 1.35. The van der Waals surface area contributed by atoms with Crippen LogP contribution in [-0.2, 0) is 11.2 Å². The number of carboxylic acid groups (broad SMARTS) is 1. The van der Waals surface area contributed by atoms with Gasteiger partial charge in [0, 0.05) is 38.4 Å². The summed E-state index contributed by atoms with van der Waals surface area (Å²) in [5.74, 6) is -0.142. The molecule has 0 amide bonds. The van der Waals surface area contributed by atoms with Gasteiger partial charge in [-0.1, -0.05) is 13.8 Å². The normalized spacial score (nSPS) is 15.0. The zero-order valence-electron chi connectivity index (χ0n) is 17.1. The first-order chi connectivity index (χ1) is 13.9. The average molecular weight is 402 g/mol. The van der Waals surface area contributed by atoms with E-state index in [0.29, 0.717) is 42.7 Å². The van der Waals surface area contributed by atoms with Crippen LogP contribution in [0.2, 0.25) is 0 Å². The van der Waals surface area contributed by atoms with E-state index in [1.54, 1.807) is 7.11 Å². The van der Waals surface area contributed by atoms with Gasteiger partial charge >= 0.3 is 5.97 Å². The molecule has 8 nitrogen and oxygen atoms in total. The molecule has 1 N–H and O–H groups in total. The van der Waals surface area contributed by atoms with Crippen molar-refractivity contribution in [1.29, 1.82) is 0 Å². The highest BCUT2D eigenvalue weighted by Crippen LogP contribution is 2.40. The fourth-order valence-corrected chi connectivity index (χ4v) is 3.58. The van der Waals surface area contributed by atoms with Crippen LogP contribution in [0, 0.1) is 5.92 Å². The van der Waals surface area contributed by atoms with Gasteiger partial charge in [0.05, 0.1) is 25.1 Å². The number of fused-ring (bicyclic) bond motifs is 3. The van der Waals surface area contributed by atoms with Crippen LogP contribution in [-0.4, -0.2) is 48.1 Å². The van der Waals surface area contributed by atoms with Gasteiger partial charge in [-0.2, -0.15) is 0 Å². The predicted molar refractivity (Wildman–Crippen MR) is 107 cm³/mol. The van der Waals surface area contributed by atoms with Crippen molar-refractivity contribution in [2.45, 2.75) is 32.7 Å². The highest BCUT2D eigenvalue weighted by molar-refractivity contribution is 5.87. The van der Waals surface area contributed by atoms with E-state index in [0.717, 1.165) is 12.0 Å². The van der Waals surface area contributed by atoms with Gasteiger partial charge in [-0.3, -0.25) is 4.79 Å². The van der Waals surface area contributed by atoms with Crippen molar-refractivity contribution >= 4 is 5.97 Å². The fourth-order valence-electron chi connectivity index (χ4n) is 3.58. The molecule has 2 aromatic rings. The molecule has 1 aliphatic rings. The van der Waals surface area contributed by atoms with Crippen molar-refractivity contribution in [3.63, 3.8) is 0 Å². The lowest BCUT2D eigenvalue weighted by Crippen LogP contribution is -2.28. The summed E-state index contributed by atoms with van der Waals surface area (Å²) in [6, 6.07) is 3.25. The lowest BCUT2D eigenvalue weighted by molar-refractivity contribution is 0.0694. The monoisotopic (exact) mass is 402 g/mol. The van der Waals surface area contributed by atoms with E-state index in [-0.39, 0.29) is 17.5 Å². The molecular weight excluding hydrogens is 376 g/mol. The van der Waals surface area contributed by atoms with E-state index in [4.69, 9.17) is 14.2 Å². The smallest absolute Gasteiger partial charge is 0.341 e. The topological polar surface area (TPSA) is 99.9 Å². The number of hydrogen-bond donors (Lipinski definition) is 1. The number of pyridine rings is 2. The summed E-state index contributed by atoms with van der Waals surface area (Å²) >= 11 is 0. The quantitative estimate of drug-likeness (QED) is 0.678. The van der Waals surface area contributed by atoms with Gasteiger partial charge in [-0.05, 0) is 24.0 Å². The Morgan fingerprint density at radius 2 is 2.07 bits per heavy atom. The van der Waals surface area contributed by atoms with Crippen LogP contribution < -0.4 is 14.9 Å². The van der Waals surface area contributed by atoms with Crippen LogP contribution in [0.1, 0.15) is 42.2 Å². The van der Waals surface area contributed by atoms with E-state index in [2.05, 4.69) is 18.8 Å². The summed E-state index contributed by atoms with van der Waals surface area (Å²) in [6.07, 6.45) is 2.81. The van der Waals surface area contributed by atoms with Crippen molar-refractivity contribution < 1.29 is 24.1 Å². The Labute approximate surface area is 169 Å². The minimum absolute atomic E-state index is 0.00673. The number of methoxy groups -OCH3 is 2. The molecule has 0 aliphatic carbocycles. The summed E-state index contributed by atoms with van der Waals surface area (Å²) < 4.78 is 18.1. The second-order valence-electron chi connectivity index (χ2n) is 7.36.